The van der Waals surface area contributed by atoms with E-state index in [0.29, 0.717) is 28.6 Å². The molecule has 0 saturated heterocycles. The molecule has 0 aliphatic carbocycles. The maximum absolute atomic E-state index is 11.1. The molecule has 0 atom stereocenters. The molecular weight excluding hydrogens is 438 g/mol. The van der Waals surface area contributed by atoms with Gasteiger partial charge in [0.15, 0.2) is 11.5 Å². The molecule has 180 valence electrons. The average Bonchev–Trinajstić information content (AvgIpc) is 2.83. The Bertz CT molecular complexity index is 1370. The summed E-state index contributed by atoms with van der Waals surface area (Å²) in [5.41, 5.74) is 6.89. The van der Waals surface area contributed by atoms with Crippen molar-refractivity contribution in [1.29, 1.82) is 0 Å². The summed E-state index contributed by atoms with van der Waals surface area (Å²) in [4.78, 5) is 1.87. The third-order valence-corrected chi connectivity index (χ3v) is 6.51. The minimum Gasteiger partial charge on any atom is -0.505 e. The fourth-order valence-electron chi connectivity index (χ4n) is 4.21. The second-order valence-electron chi connectivity index (χ2n) is 9.08. The molecule has 0 amide bonds. The molecule has 3 N–H and O–H groups in total. The zero-order valence-electron chi connectivity index (χ0n) is 21.0. The van der Waals surface area contributed by atoms with Gasteiger partial charge in [0.25, 0.3) is 0 Å². The summed E-state index contributed by atoms with van der Waals surface area (Å²) in [7, 11) is 0. The Balaban J connectivity index is 1.94. The van der Waals surface area contributed by atoms with Crippen molar-refractivity contribution in [2.24, 2.45) is 0 Å². The van der Waals surface area contributed by atoms with Crippen LogP contribution >= 0.6 is 0 Å². The first-order chi connectivity index (χ1) is 16.6. The van der Waals surface area contributed by atoms with Crippen molar-refractivity contribution in [3.63, 3.8) is 0 Å². The maximum atomic E-state index is 11.1. The Hall–Kier alpha value is -4.12. The largest absolute Gasteiger partial charge is 0.505 e. The second kappa shape index (κ2) is 9.26. The number of benzene rings is 4. The van der Waals surface area contributed by atoms with Crippen molar-refractivity contribution in [3.8, 4) is 28.7 Å². The number of hydrogen-bond acceptors (Lipinski definition) is 5. The number of aryl methyl sites for hydroxylation is 5. The van der Waals surface area contributed by atoms with Crippen molar-refractivity contribution in [2.45, 2.75) is 41.5 Å². The third-order valence-electron chi connectivity index (χ3n) is 6.51. The smallest absolute Gasteiger partial charge is 0.172 e. The van der Waals surface area contributed by atoms with E-state index in [0.717, 1.165) is 33.4 Å². The number of anilines is 3. The van der Waals surface area contributed by atoms with Crippen LogP contribution in [0.25, 0.3) is 0 Å². The van der Waals surface area contributed by atoms with Crippen LogP contribution in [0.15, 0.2) is 60.7 Å². The first-order valence-electron chi connectivity index (χ1n) is 11.6. The number of rotatable bonds is 5. The standard InChI is InChI=1S/C30H31NO4/c1-17-14-15-25(32)30(22(17)6)35-24-9-7-8-23(16-24)31(26-18(2)10-12-20(4)28(26)33)27-19(3)11-13-21(5)29(27)34/h7-16,32-34H,1-6H3. The molecule has 0 spiro atoms. The van der Waals surface area contributed by atoms with E-state index in [2.05, 4.69) is 0 Å². The van der Waals surface area contributed by atoms with Crippen molar-refractivity contribution in [2.75, 3.05) is 4.90 Å². The molecule has 4 aromatic carbocycles. The summed E-state index contributed by atoms with van der Waals surface area (Å²) in [5.74, 6) is 1.27. The van der Waals surface area contributed by atoms with Crippen LogP contribution in [0.2, 0.25) is 0 Å². The van der Waals surface area contributed by atoms with E-state index >= 15 is 0 Å². The number of phenols is 3. The van der Waals surface area contributed by atoms with Crippen LogP contribution in [-0.4, -0.2) is 15.3 Å². The van der Waals surface area contributed by atoms with Gasteiger partial charge in [-0.15, -0.1) is 0 Å². The molecule has 35 heavy (non-hydrogen) atoms. The number of phenolic OH excluding ortho intramolecular Hbond substituents is 3. The highest BCUT2D eigenvalue weighted by molar-refractivity contribution is 5.87. The van der Waals surface area contributed by atoms with Crippen LogP contribution in [0, 0.1) is 41.5 Å². The lowest BCUT2D eigenvalue weighted by Gasteiger charge is -2.30. The fraction of sp³-hybridized carbons (Fsp3) is 0.200. The maximum Gasteiger partial charge on any atom is 0.172 e. The van der Waals surface area contributed by atoms with E-state index in [1.807, 2.05) is 101 Å². The van der Waals surface area contributed by atoms with Gasteiger partial charge in [-0.3, -0.25) is 0 Å². The second-order valence-corrected chi connectivity index (χ2v) is 9.08. The predicted molar refractivity (Wildman–Crippen MR) is 141 cm³/mol. The molecule has 0 radical (unpaired) electrons. The molecule has 4 rings (SSSR count). The first kappa shape index (κ1) is 24.0. The van der Waals surface area contributed by atoms with Gasteiger partial charge < -0.3 is 25.0 Å². The number of ether oxygens (including phenoxy) is 1. The van der Waals surface area contributed by atoms with Crippen LogP contribution in [0.4, 0.5) is 17.1 Å². The normalized spacial score (nSPS) is 10.9. The van der Waals surface area contributed by atoms with Crippen molar-refractivity contribution in [3.05, 3.63) is 94.0 Å². The summed E-state index contributed by atoms with van der Waals surface area (Å²) in [6.07, 6.45) is 0. The number of nitrogens with zero attached hydrogens (tertiary/aromatic N) is 1. The molecule has 0 fully saturated rings. The van der Waals surface area contributed by atoms with Crippen molar-refractivity contribution >= 4 is 17.1 Å². The van der Waals surface area contributed by atoms with Gasteiger partial charge in [-0.2, -0.15) is 0 Å². The topological polar surface area (TPSA) is 73.2 Å². The Morgan fingerprint density at radius 3 is 1.69 bits per heavy atom. The van der Waals surface area contributed by atoms with Crippen molar-refractivity contribution in [1.82, 2.24) is 0 Å². The third kappa shape index (κ3) is 4.37. The summed E-state index contributed by atoms with van der Waals surface area (Å²) < 4.78 is 6.15. The summed E-state index contributed by atoms with van der Waals surface area (Å²) >= 11 is 0. The highest BCUT2D eigenvalue weighted by Gasteiger charge is 2.25. The highest BCUT2D eigenvalue weighted by atomic mass is 16.5. The zero-order chi connectivity index (χ0) is 25.4. The van der Waals surface area contributed by atoms with Crippen LogP contribution in [0.3, 0.4) is 0 Å². The predicted octanol–water partition coefficient (Wildman–Crippen LogP) is 7.92. The van der Waals surface area contributed by atoms with E-state index < -0.39 is 0 Å². The first-order valence-corrected chi connectivity index (χ1v) is 11.6. The quantitative estimate of drug-likeness (QED) is 0.277. The van der Waals surface area contributed by atoms with Gasteiger partial charge in [-0.05, 0) is 93.1 Å². The van der Waals surface area contributed by atoms with E-state index in [4.69, 9.17) is 4.74 Å². The van der Waals surface area contributed by atoms with Gasteiger partial charge in [-0.1, -0.05) is 36.4 Å². The molecule has 0 heterocycles. The monoisotopic (exact) mass is 469 g/mol. The molecular formula is C30H31NO4. The van der Waals surface area contributed by atoms with Gasteiger partial charge in [-0.25, -0.2) is 0 Å². The minimum atomic E-state index is 0.0645. The molecule has 0 aromatic heterocycles. The van der Waals surface area contributed by atoms with Crippen LogP contribution in [0.1, 0.15) is 33.4 Å². The molecule has 0 bridgehead atoms. The van der Waals surface area contributed by atoms with E-state index in [9.17, 15) is 15.3 Å². The van der Waals surface area contributed by atoms with Gasteiger partial charge in [0.1, 0.15) is 17.2 Å². The molecule has 0 saturated carbocycles. The lowest BCUT2D eigenvalue weighted by Crippen LogP contribution is -2.14. The van der Waals surface area contributed by atoms with E-state index in [-0.39, 0.29) is 17.2 Å². The fourth-order valence-corrected chi connectivity index (χ4v) is 4.21. The van der Waals surface area contributed by atoms with Gasteiger partial charge >= 0.3 is 0 Å². The number of aromatic hydroxyl groups is 3. The van der Waals surface area contributed by atoms with Crippen LogP contribution < -0.4 is 9.64 Å². The molecule has 0 unspecified atom stereocenters. The summed E-state index contributed by atoms with van der Waals surface area (Å²) in [6.45, 7) is 11.4. The Labute approximate surface area is 206 Å². The summed E-state index contributed by atoms with van der Waals surface area (Å²) in [6, 6.07) is 18.5. The van der Waals surface area contributed by atoms with Crippen LogP contribution in [0.5, 0.6) is 28.7 Å². The van der Waals surface area contributed by atoms with Gasteiger partial charge in [0.05, 0.1) is 17.1 Å². The average molecular weight is 470 g/mol. The lowest BCUT2D eigenvalue weighted by molar-refractivity contribution is 0.408. The van der Waals surface area contributed by atoms with Crippen LogP contribution in [-0.2, 0) is 0 Å². The summed E-state index contributed by atoms with van der Waals surface area (Å²) in [5, 5.41) is 32.7. The number of hydrogen-bond donors (Lipinski definition) is 3. The molecule has 5 nitrogen and oxygen atoms in total. The molecule has 0 aliphatic rings. The van der Waals surface area contributed by atoms with Gasteiger partial charge in [0.2, 0.25) is 0 Å². The van der Waals surface area contributed by atoms with Crippen molar-refractivity contribution < 1.29 is 20.1 Å². The molecule has 5 heteroatoms. The Kier molecular flexibility index (Phi) is 6.35. The highest BCUT2D eigenvalue weighted by Crippen LogP contribution is 2.49. The Morgan fingerprint density at radius 1 is 0.600 bits per heavy atom. The molecule has 0 aliphatic heterocycles. The zero-order valence-corrected chi connectivity index (χ0v) is 21.0. The minimum absolute atomic E-state index is 0.0645. The SMILES string of the molecule is Cc1ccc(O)c(Oc2cccc(N(c3c(C)ccc(C)c3O)c3c(C)ccc(C)c3O)c2)c1C. The molecule has 4 aromatic rings. The Morgan fingerprint density at radius 2 is 1.11 bits per heavy atom. The lowest BCUT2D eigenvalue weighted by atomic mass is 10.0. The van der Waals surface area contributed by atoms with Gasteiger partial charge in [0, 0.05) is 6.07 Å². The van der Waals surface area contributed by atoms with E-state index in [1.54, 1.807) is 6.07 Å². The van der Waals surface area contributed by atoms with E-state index in [1.165, 1.54) is 0 Å².